The first-order valence-corrected chi connectivity index (χ1v) is 9.07. The monoisotopic (exact) mass is 353 g/mol. The summed E-state index contributed by atoms with van der Waals surface area (Å²) in [6.07, 6.45) is 5.14. The van der Waals surface area contributed by atoms with Crippen LogP contribution in [0.5, 0.6) is 0 Å². The quantitative estimate of drug-likeness (QED) is 0.723. The van der Waals surface area contributed by atoms with E-state index in [2.05, 4.69) is 10.3 Å². The Morgan fingerprint density at radius 3 is 2.92 bits per heavy atom. The molecule has 0 aromatic carbocycles. The lowest BCUT2D eigenvalue weighted by Crippen LogP contribution is -2.40. The van der Waals surface area contributed by atoms with Crippen LogP contribution in [0.15, 0.2) is 22.9 Å². The zero-order valence-electron chi connectivity index (χ0n) is 15.4. The molecule has 0 radical (unpaired) electrons. The number of likely N-dealkylation sites (tertiary alicyclic amines) is 1. The Labute approximate surface area is 152 Å². The van der Waals surface area contributed by atoms with E-state index < -0.39 is 0 Å². The van der Waals surface area contributed by atoms with Gasteiger partial charge in [-0.2, -0.15) is 5.10 Å². The molecular formula is C19H23N5O2. The van der Waals surface area contributed by atoms with Gasteiger partial charge in [0.1, 0.15) is 5.76 Å². The van der Waals surface area contributed by atoms with Crippen molar-refractivity contribution in [3.05, 3.63) is 46.7 Å². The number of carbonyl (C=O) groups excluding carboxylic acids is 1. The molecule has 4 rings (SSSR count). The number of rotatable bonds is 3. The zero-order chi connectivity index (χ0) is 18.3. The standard InChI is InChI=1S/C19H23N5O2/c1-12-10-16(21-18-7-8-20-24(12)18)17-6-4-5-9-23(17)19(25)11-15-13(2)22-26-14(15)3/h7-8,10,17H,4-6,9,11H2,1-3H3/t17-/m0/s1. The smallest absolute Gasteiger partial charge is 0.227 e. The van der Waals surface area contributed by atoms with Gasteiger partial charge in [0, 0.05) is 23.9 Å². The number of piperidine rings is 1. The minimum Gasteiger partial charge on any atom is -0.361 e. The van der Waals surface area contributed by atoms with E-state index in [1.165, 1.54) is 0 Å². The highest BCUT2D eigenvalue weighted by molar-refractivity contribution is 5.79. The van der Waals surface area contributed by atoms with Crippen molar-refractivity contribution in [3.8, 4) is 0 Å². The number of carbonyl (C=O) groups is 1. The molecule has 0 bridgehead atoms. The first kappa shape index (κ1) is 16.8. The third-order valence-electron chi connectivity index (χ3n) is 5.23. The number of hydrogen-bond donors (Lipinski definition) is 0. The van der Waals surface area contributed by atoms with Gasteiger partial charge in [0.15, 0.2) is 5.65 Å². The van der Waals surface area contributed by atoms with Crippen molar-refractivity contribution in [3.63, 3.8) is 0 Å². The van der Waals surface area contributed by atoms with E-state index in [1.54, 1.807) is 6.20 Å². The maximum atomic E-state index is 13.1. The Morgan fingerprint density at radius 2 is 2.15 bits per heavy atom. The minimum atomic E-state index is 0.00956. The van der Waals surface area contributed by atoms with Crippen molar-refractivity contribution >= 4 is 11.6 Å². The average Bonchev–Trinajstić information content (AvgIpc) is 3.24. The molecule has 1 aliphatic rings. The highest BCUT2D eigenvalue weighted by Gasteiger charge is 2.30. The van der Waals surface area contributed by atoms with Crippen molar-refractivity contribution in [2.24, 2.45) is 0 Å². The molecule has 1 fully saturated rings. The average molecular weight is 353 g/mol. The highest BCUT2D eigenvalue weighted by Crippen LogP contribution is 2.31. The topological polar surface area (TPSA) is 76.5 Å². The Balaban J connectivity index is 1.64. The van der Waals surface area contributed by atoms with Crippen molar-refractivity contribution in [1.29, 1.82) is 0 Å². The lowest BCUT2D eigenvalue weighted by molar-refractivity contribution is -0.134. The molecule has 0 unspecified atom stereocenters. The van der Waals surface area contributed by atoms with Crippen molar-refractivity contribution in [1.82, 2.24) is 24.7 Å². The van der Waals surface area contributed by atoms with Crippen LogP contribution >= 0.6 is 0 Å². The van der Waals surface area contributed by atoms with Gasteiger partial charge in [-0.1, -0.05) is 5.16 Å². The molecule has 136 valence electrons. The first-order chi connectivity index (χ1) is 12.5. The predicted octanol–water partition coefficient (Wildman–Crippen LogP) is 2.94. The Kier molecular flexibility index (Phi) is 4.22. The normalized spacial score (nSPS) is 17.8. The number of aryl methyl sites for hydroxylation is 3. The van der Waals surface area contributed by atoms with E-state index >= 15 is 0 Å². The van der Waals surface area contributed by atoms with Crippen LogP contribution in [0.3, 0.4) is 0 Å². The molecule has 0 N–H and O–H groups in total. The van der Waals surface area contributed by atoms with Gasteiger partial charge in [0.2, 0.25) is 5.91 Å². The zero-order valence-corrected chi connectivity index (χ0v) is 15.4. The van der Waals surface area contributed by atoms with E-state index in [4.69, 9.17) is 9.51 Å². The van der Waals surface area contributed by atoms with Gasteiger partial charge in [0.05, 0.1) is 30.0 Å². The van der Waals surface area contributed by atoms with Crippen molar-refractivity contribution in [2.75, 3.05) is 6.54 Å². The minimum absolute atomic E-state index is 0.00956. The summed E-state index contributed by atoms with van der Waals surface area (Å²) in [4.78, 5) is 19.8. The van der Waals surface area contributed by atoms with E-state index in [1.807, 2.05) is 42.3 Å². The molecule has 0 spiro atoms. The highest BCUT2D eigenvalue weighted by atomic mass is 16.5. The van der Waals surface area contributed by atoms with Gasteiger partial charge in [0.25, 0.3) is 0 Å². The second-order valence-electron chi connectivity index (χ2n) is 7.00. The van der Waals surface area contributed by atoms with Crippen LogP contribution in [-0.2, 0) is 11.2 Å². The molecule has 26 heavy (non-hydrogen) atoms. The summed E-state index contributed by atoms with van der Waals surface area (Å²) in [6, 6.07) is 3.96. The summed E-state index contributed by atoms with van der Waals surface area (Å²) in [7, 11) is 0. The molecule has 1 atom stereocenters. The summed E-state index contributed by atoms with van der Waals surface area (Å²) in [5.74, 6) is 0.830. The summed E-state index contributed by atoms with van der Waals surface area (Å²) in [6.45, 7) is 6.52. The van der Waals surface area contributed by atoms with Gasteiger partial charge in [-0.3, -0.25) is 4.79 Å². The molecule has 1 saturated heterocycles. The lowest BCUT2D eigenvalue weighted by atomic mass is 9.97. The maximum absolute atomic E-state index is 13.1. The molecular weight excluding hydrogens is 330 g/mol. The van der Waals surface area contributed by atoms with Crippen LogP contribution in [0.25, 0.3) is 5.65 Å². The SMILES string of the molecule is Cc1noc(C)c1CC(=O)N1CCCC[C@H]1c1cc(C)n2nccc2n1. The Morgan fingerprint density at radius 1 is 1.31 bits per heavy atom. The second kappa shape index (κ2) is 6.55. The van der Waals surface area contributed by atoms with Gasteiger partial charge >= 0.3 is 0 Å². The maximum Gasteiger partial charge on any atom is 0.227 e. The van der Waals surface area contributed by atoms with Crippen LogP contribution in [0.2, 0.25) is 0 Å². The van der Waals surface area contributed by atoms with E-state index in [0.717, 1.165) is 59.9 Å². The van der Waals surface area contributed by atoms with E-state index in [0.29, 0.717) is 6.42 Å². The fourth-order valence-electron chi connectivity index (χ4n) is 3.81. The molecule has 7 nitrogen and oxygen atoms in total. The number of fused-ring (bicyclic) bond motifs is 1. The molecule has 1 amide bonds. The second-order valence-corrected chi connectivity index (χ2v) is 7.00. The molecule has 0 saturated carbocycles. The van der Waals surface area contributed by atoms with Crippen LogP contribution in [-0.4, -0.2) is 37.1 Å². The Bertz CT molecular complexity index is 939. The first-order valence-electron chi connectivity index (χ1n) is 9.07. The molecule has 3 aromatic heterocycles. The van der Waals surface area contributed by atoms with E-state index in [-0.39, 0.29) is 11.9 Å². The predicted molar refractivity (Wildman–Crippen MR) is 95.7 cm³/mol. The number of nitrogens with zero attached hydrogens (tertiary/aromatic N) is 5. The van der Waals surface area contributed by atoms with E-state index in [9.17, 15) is 4.79 Å². The number of hydrogen-bond acceptors (Lipinski definition) is 5. The summed E-state index contributed by atoms with van der Waals surface area (Å²) in [5, 5.41) is 8.25. The number of amides is 1. The van der Waals surface area contributed by atoms with Crippen LogP contribution in [0.1, 0.15) is 53.7 Å². The largest absolute Gasteiger partial charge is 0.361 e. The van der Waals surface area contributed by atoms with Crippen LogP contribution in [0.4, 0.5) is 0 Å². The summed E-state index contributed by atoms with van der Waals surface area (Å²) >= 11 is 0. The van der Waals surface area contributed by atoms with Gasteiger partial charge in [-0.05, 0) is 46.1 Å². The molecule has 3 aromatic rings. The summed E-state index contributed by atoms with van der Waals surface area (Å²) in [5.41, 5.74) is 4.48. The van der Waals surface area contributed by atoms with Crippen molar-refractivity contribution in [2.45, 2.75) is 52.5 Å². The third-order valence-corrected chi connectivity index (χ3v) is 5.23. The molecule has 4 heterocycles. The molecule has 0 aliphatic carbocycles. The van der Waals surface area contributed by atoms with Crippen LogP contribution in [0, 0.1) is 20.8 Å². The fourth-order valence-corrected chi connectivity index (χ4v) is 3.81. The van der Waals surface area contributed by atoms with Crippen LogP contribution < -0.4 is 0 Å². The lowest BCUT2D eigenvalue weighted by Gasteiger charge is -2.35. The fraction of sp³-hybridized carbons (Fsp3) is 0.474. The number of aromatic nitrogens is 4. The third kappa shape index (κ3) is 2.87. The van der Waals surface area contributed by atoms with Gasteiger partial charge < -0.3 is 9.42 Å². The Hall–Kier alpha value is -2.70. The molecule has 1 aliphatic heterocycles. The van der Waals surface area contributed by atoms with Crippen molar-refractivity contribution < 1.29 is 9.32 Å². The van der Waals surface area contributed by atoms with Gasteiger partial charge in [-0.15, -0.1) is 0 Å². The van der Waals surface area contributed by atoms with Gasteiger partial charge in [-0.25, -0.2) is 9.50 Å². The molecule has 7 heteroatoms. The summed E-state index contributed by atoms with van der Waals surface area (Å²) < 4.78 is 7.03.